The van der Waals surface area contributed by atoms with Gasteiger partial charge in [0, 0.05) is 16.5 Å². The quantitative estimate of drug-likeness (QED) is 0.860. The Morgan fingerprint density at radius 1 is 1.33 bits per heavy atom. The van der Waals surface area contributed by atoms with Gasteiger partial charge in [0.15, 0.2) is 0 Å². The molecule has 2 aromatic rings. The van der Waals surface area contributed by atoms with Crippen LogP contribution in [0.25, 0.3) is 11.0 Å². The zero-order valence-corrected chi connectivity index (χ0v) is 9.64. The van der Waals surface area contributed by atoms with E-state index in [0.29, 0.717) is 27.8 Å². The van der Waals surface area contributed by atoms with Gasteiger partial charge in [0.05, 0.1) is 5.02 Å². The number of furan rings is 1. The van der Waals surface area contributed by atoms with Gasteiger partial charge in [0.25, 0.3) is 0 Å². The summed E-state index contributed by atoms with van der Waals surface area (Å²) in [6, 6.07) is 5.10. The number of aliphatic hydroxyl groups excluding tert-OH is 1. The molecular weight excluding hydrogens is 235 g/mol. The molecule has 1 aromatic carbocycles. The fraction of sp³-hybridized carbons (Fsp3) is 0.273. The van der Waals surface area contributed by atoms with E-state index >= 15 is 0 Å². The Hall–Kier alpha value is -0.700. The lowest BCUT2D eigenvalue weighted by atomic mass is 10.2. The van der Waals surface area contributed by atoms with Gasteiger partial charge in [-0.1, -0.05) is 30.1 Å². The molecule has 1 heterocycles. The summed E-state index contributed by atoms with van der Waals surface area (Å²) in [4.78, 5) is 0. The van der Waals surface area contributed by atoms with Gasteiger partial charge in [-0.3, -0.25) is 0 Å². The second-order valence-electron chi connectivity index (χ2n) is 3.37. The number of rotatable bonds is 2. The molecule has 0 amide bonds. The standard InChI is InChI=1S/C11H10Cl2O2/c1-2-9(14)11-5-7-8(13)3-6(12)4-10(7)15-11/h3-5,9,14H,2H2,1H3. The predicted octanol–water partition coefficient (Wildman–Crippen LogP) is 4.18. The van der Waals surface area contributed by atoms with Crippen molar-refractivity contribution in [2.45, 2.75) is 19.4 Å². The smallest absolute Gasteiger partial charge is 0.137 e. The first kappa shape index (κ1) is 10.8. The minimum absolute atomic E-state index is 0.525. The van der Waals surface area contributed by atoms with Crippen molar-refractivity contribution >= 4 is 34.2 Å². The Morgan fingerprint density at radius 2 is 2.07 bits per heavy atom. The number of hydrogen-bond donors (Lipinski definition) is 1. The van der Waals surface area contributed by atoms with Gasteiger partial charge in [-0.05, 0) is 18.6 Å². The van der Waals surface area contributed by atoms with Crippen LogP contribution < -0.4 is 0 Å². The lowest BCUT2D eigenvalue weighted by Crippen LogP contribution is -1.90. The molecule has 2 rings (SSSR count). The molecule has 0 saturated carbocycles. The van der Waals surface area contributed by atoms with Crippen molar-refractivity contribution in [1.29, 1.82) is 0 Å². The van der Waals surface area contributed by atoms with Crippen LogP contribution in [-0.4, -0.2) is 5.11 Å². The number of halogens is 2. The van der Waals surface area contributed by atoms with Gasteiger partial charge in [0.2, 0.25) is 0 Å². The predicted molar refractivity (Wildman–Crippen MR) is 61.5 cm³/mol. The van der Waals surface area contributed by atoms with E-state index in [4.69, 9.17) is 27.6 Å². The highest BCUT2D eigenvalue weighted by Crippen LogP contribution is 2.32. The zero-order valence-electron chi connectivity index (χ0n) is 8.13. The van der Waals surface area contributed by atoms with E-state index < -0.39 is 6.10 Å². The fourth-order valence-corrected chi connectivity index (χ4v) is 1.98. The Kier molecular flexibility index (Phi) is 2.91. The highest BCUT2D eigenvalue weighted by Gasteiger charge is 2.13. The molecule has 0 bridgehead atoms. The molecule has 0 aliphatic carbocycles. The summed E-state index contributed by atoms with van der Waals surface area (Å²) in [6.45, 7) is 1.88. The molecule has 2 nitrogen and oxygen atoms in total. The first-order chi connectivity index (χ1) is 7.11. The van der Waals surface area contributed by atoms with Crippen LogP contribution in [0.5, 0.6) is 0 Å². The molecule has 4 heteroatoms. The van der Waals surface area contributed by atoms with E-state index in [0.717, 1.165) is 5.39 Å². The molecule has 0 radical (unpaired) electrons. The van der Waals surface area contributed by atoms with E-state index in [1.54, 1.807) is 18.2 Å². The monoisotopic (exact) mass is 244 g/mol. The SMILES string of the molecule is CCC(O)c1cc2c(Cl)cc(Cl)cc2o1. The Morgan fingerprint density at radius 3 is 2.73 bits per heavy atom. The lowest BCUT2D eigenvalue weighted by Gasteiger charge is -2.00. The van der Waals surface area contributed by atoms with E-state index in [1.165, 1.54) is 0 Å². The third kappa shape index (κ3) is 1.98. The minimum atomic E-state index is -0.591. The van der Waals surface area contributed by atoms with E-state index in [1.807, 2.05) is 6.92 Å². The summed E-state index contributed by atoms with van der Waals surface area (Å²) in [6.07, 6.45) is 0.0118. The van der Waals surface area contributed by atoms with Gasteiger partial charge in [0.1, 0.15) is 17.4 Å². The topological polar surface area (TPSA) is 33.4 Å². The molecule has 80 valence electrons. The highest BCUT2D eigenvalue weighted by molar-refractivity contribution is 6.38. The van der Waals surface area contributed by atoms with E-state index in [-0.39, 0.29) is 0 Å². The molecule has 0 saturated heterocycles. The maximum atomic E-state index is 9.62. The van der Waals surface area contributed by atoms with Crippen molar-refractivity contribution in [2.24, 2.45) is 0 Å². The van der Waals surface area contributed by atoms with Gasteiger partial charge in [-0.25, -0.2) is 0 Å². The maximum Gasteiger partial charge on any atom is 0.137 e. The Bertz CT molecular complexity index is 491. The summed E-state index contributed by atoms with van der Waals surface area (Å²) in [5.74, 6) is 0.525. The molecule has 0 spiro atoms. The van der Waals surface area contributed by atoms with Crippen molar-refractivity contribution < 1.29 is 9.52 Å². The Balaban J connectivity index is 2.60. The molecule has 1 N–H and O–H groups in total. The normalized spacial score (nSPS) is 13.3. The summed E-state index contributed by atoms with van der Waals surface area (Å²) < 4.78 is 5.46. The van der Waals surface area contributed by atoms with Crippen LogP contribution in [-0.2, 0) is 0 Å². The van der Waals surface area contributed by atoms with Crippen LogP contribution in [0.4, 0.5) is 0 Å². The molecule has 1 aromatic heterocycles. The summed E-state index contributed by atoms with van der Waals surface area (Å²) >= 11 is 11.8. The molecule has 1 atom stereocenters. The fourth-order valence-electron chi connectivity index (χ4n) is 1.45. The minimum Gasteiger partial charge on any atom is -0.458 e. The number of hydrogen-bond acceptors (Lipinski definition) is 2. The van der Waals surface area contributed by atoms with E-state index in [2.05, 4.69) is 0 Å². The molecule has 15 heavy (non-hydrogen) atoms. The van der Waals surface area contributed by atoms with Crippen LogP contribution in [0.1, 0.15) is 25.2 Å². The van der Waals surface area contributed by atoms with Gasteiger partial charge in [-0.2, -0.15) is 0 Å². The van der Waals surface area contributed by atoms with Crippen molar-refractivity contribution in [3.63, 3.8) is 0 Å². The maximum absolute atomic E-state index is 9.62. The summed E-state index contributed by atoms with van der Waals surface area (Å²) in [7, 11) is 0. The second kappa shape index (κ2) is 4.05. The van der Waals surface area contributed by atoms with Gasteiger partial charge >= 0.3 is 0 Å². The molecular formula is C11H10Cl2O2. The van der Waals surface area contributed by atoms with Crippen molar-refractivity contribution in [2.75, 3.05) is 0 Å². The van der Waals surface area contributed by atoms with Gasteiger partial charge in [-0.15, -0.1) is 0 Å². The van der Waals surface area contributed by atoms with Crippen LogP contribution in [0.3, 0.4) is 0 Å². The van der Waals surface area contributed by atoms with Crippen LogP contribution in [0.2, 0.25) is 10.0 Å². The molecule has 0 aliphatic rings. The van der Waals surface area contributed by atoms with Crippen LogP contribution in [0.15, 0.2) is 22.6 Å². The number of fused-ring (bicyclic) bond motifs is 1. The molecule has 1 unspecified atom stereocenters. The first-order valence-electron chi connectivity index (χ1n) is 4.68. The number of benzene rings is 1. The van der Waals surface area contributed by atoms with Crippen LogP contribution in [0, 0.1) is 0 Å². The first-order valence-corrected chi connectivity index (χ1v) is 5.44. The van der Waals surface area contributed by atoms with E-state index in [9.17, 15) is 5.11 Å². The molecule has 0 fully saturated rings. The average Bonchev–Trinajstić information content (AvgIpc) is 2.60. The van der Waals surface area contributed by atoms with Crippen molar-refractivity contribution in [3.05, 3.63) is 34.0 Å². The third-order valence-electron chi connectivity index (χ3n) is 2.29. The number of aliphatic hydroxyl groups is 1. The third-order valence-corrected chi connectivity index (χ3v) is 2.82. The zero-order chi connectivity index (χ0) is 11.0. The summed E-state index contributed by atoms with van der Waals surface area (Å²) in [5, 5.41) is 11.5. The lowest BCUT2D eigenvalue weighted by molar-refractivity contribution is 0.148. The van der Waals surface area contributed by atoms with Gasteiger partial charge < -0.3 is 9.52 Å². The molecule has 0 aliphatic heterocycles. The largest absolute Gasteiger partial charge is 0.458 e. The highest BCUT2D eigenvalue weighted by atomic mass is 35.5. The van der Waals surface area contributed by atoms with Crippen molar-refractivity contribution in [3.8, 4) is 0 Å². The second-order valence-corrected chi connectivity index (χ2v) is 4.22. The Labute approximate surface area is 97.4 Å². The average molecular weight is 245 g/mol. The van der Waals surface area contributed by atoms with Crippen LogP contribution >= 0.6 is 23.2 Å². The van der Waals surface area contributed by atoms with Crippen molar-refractivity contribution in [1.82, 2.24) is 0 Å². The summed E-state index contributed by atoms with van der Waals surface area (Å²) in [5.41, 5.74) is 0.606.